The fourth-order valence-corrected chi connectivity index (χ4v) is 2.01. The van der Waals surface area contributed by atoms with Gasteiger partial charge in [0.1, 0.15) is 5.15 Å². The van der Waals surface area contributed by atoms with Gasteiger partial charge in [-0.3, -0.25) is 4.79 Å². The molecule has 0 spiro atoms. The molecule has 0 unspecified atom stereocenters. The molecule has 0 saturated carbocycles. The molecule has 84 valence electrons. The lowest BCUT2D eigenvalue weighted by Gasteiger charge is -1.95. The normalized spacial score (nSPS) is 10.4. The van der Waals surface area contributed by atoms with E-state index in [9.17, 15) is 4.79 Å². The van der Waals surface area contributed by atoms with Gasteiger partial charge in [0.25, 0.3) is 0 Å². The van der Waals surface area contributed by atoms with Crippen LogP contribution in [0.5, 0.6) is 0 Å². The van der Waals surface area contributed by atoms with Crippen molar-refractivity contribution >= 4 is 28.9 Å². The minimum absolute atomic E-state index is 0.155. The van der Waals surface area contributed by atoms with E-state index in [0.717, 1.165) is 0 Å². The summed E-state index contributed by atoms with van der Waals surface area (Å²) in [4.78, 5) is 15.1. The number of carbonyl (C=O) groups is 1. The Balaban J connectivity index is 2.16. The van der Waals surface area contributed by atoms with Crippen LogP contribution in [0, 0.1) is 0 Å². The highest BCUT2D eigenvalue weighted by Crippen LogP contribution is 2.17. The molecule has 0 bridgehead atoms. The molecule has 2 aromatic heterocycles. The van der Waals surface area contributed by atoms with Crippen molar-refractivity contribution in [3.8, 4) is 5.13 Å². The highest BCUT2D eigenvalue weighted by molar-refractivity contribution is 7.12. The standard InChI is InChI=1S/C9H8ClN3O2S/c1-15-8(14)4-6-2-3-13(12-6)9-11-7(10)5-16-9/h2-3,5H,4H2,1H3. The van der Waals surface area contributed by atoms with Gasteiger partial charge in [0.05, 0.1) is 19.2 Å². The summed E-state index contributed by atoms with van der Waals surface area (Å²) in [6.45, 7) is 0. The van der Waals surface area contributed by atoms with Gasteiger partial charge in [-0.1, -0.05) is 11.6 Å². The average molecular weight is 258 g/mol. The van der Waals surface area contributed by atoms with Crippen LogP contribution in [0.4, 0.5) is 0 Å². The van der Waals surface area contributed by atoms with Crippen LogP contribution < -0.4 is 0 Å². The van der Waals surface area contributed by atoms with E-state index in [0.29, 0.717) is 16.0 Å². The number of hydrogen-bond donors (Lipinski definition) is 0. The third-order valence-corrected chi connectivity index (χ3v) is 3.01. The zero-order valence-corrected chi connectivity index (χ0v) is 9.96. The van der Waals surface area contributed by atoms with Gasteiger partial charge in [0, 0.05) is 11.6 Å². The molecule has 5 nitrogen and oxygen atoms in total. The number of carbonyl (C=O) groups excluding carboxylic acids is 1. The lowest BCUT2D eigenvalue weighted by molar-refractivity contribution is -0.139. The fourth-order valence-electron chi connectivity index (χ4n) is 1.13. The number of esters is 1. The second kappa shape index (κ2) is 4.63. The number of ether oxygens (including phenoxy) is 1. The maximum absolute atomic E-state index is 11.0. The Morgan fingerprint density at radius 2 is 2.50 bits per heavy atom. The van der Waals surface area contributed by atoms with Crippen molar-refractivity contribution in [1.82, 2.24) is 14.8 Å². The lowest BCUT2D eigenvalue weighted by Crippen LogP contribution is -2.05. The molecule has 16 heavy (non-hydrogen) atoms. The van der Waals surface area contributed by atoms with E-state index in [4.69, 9.17) is 11.6 Å². The molecular weight excluding hydrogens is 250 g/mol. The predicted molar refractivity (Wildman–Crippen MR) is 60.0 cm³/mol. The Bertz CT molecular complexity index is 508. The van der Waals surface area contributed by atoms with E-state index < -0.39 is 0 Å². The van der Waals surface area contributed by atoms with Crippen LogP contribution in [0.15, 0.2) is 17.6 Å². The highest BCUT2D eigenvalue weighted by atomic mass is 35.5. The third kappa shape index (κ3) is 2.40. The van der Waals surface area contributed by atoms with Crippen molar-refractivity contribution in [3.63, 3.8) is 0 Å². The van der Waals surface area contributed by atoms with Crippen LogP contribution in [-0.2, 0) is 16.0 Å². The summed E-state index contributed by atoms with van der Waals surface area (Å²) in [5.41, 5.74) is 0.637. The first-order chi connectivity index (χ1) is 7.69. The van der Waals surface area contributed by atoms with Crippen molar-refractivity contribution in [2.75, 3.05) is 7.11 Å². The molecule has 0 aliphatic carbocycles. The SMILES string of the molecule is COC(=O)Cc1ccn(-c2nc(Cl)cs2)n1. The van der Waals surface area contributed by atoms with E-state index in [2.05, 4.69) is 14.8 Å². The first kappa shape index (κ1) is 11.1. The summed E-state index contributed by atoms with van der Waals surface area (Å²) in [6.07, 6.45) is 1.88. The smallest absolute Gasteiger partial charge is 0.311 e. The van der Waals surface area contributed by atoms with Gasteiger partial charge >= 0.3 is 5.97 Å². The summed E-state index contributed by atoms with van der Waals surface area (Å²) >= 11 is 7.09. The van der Waals surface area contributed by atoms with E-state index in [1.165, 1.54) is 18.4 Å². The molecule has 0 fully saturated rings. The molecule has 0 radical (unpaired) electrons. The zero-order chi connectivity index (χ0) is 11.5. The molecule has 0 N–H and O–H groups in total. The number of aromatic nitrogens is 3. The zero-order valence-electron chi connectivity index (χ0n) is 8.38. The van der Waals surface area contributed by atoms with Crippen molar-refractivity contribution in [3.05, 3.63) is 28.5 Å². The fraction of sp³-hybridized carbons (Fsp3) is 0.222. The van der Waals surface area contributed by atoms with Crippen molar-refractivity contribution in [2.45, 2.75) is 6.42 Å². The van der Waals surface area contributed by atoms with Gasteiger partial charge in [-0.15, -0.1) is 11.3 Å². The quantitative estimate of drug-likeness (QED) is 0.786. The van der Waals surface area contributed by atoms with Crippen LogP contribution >= 0.6 is 22.9 Å². The average Bonchev–Trinajstić information content (AvgIpc) is 2.87. The minimum atomic E-state index is -0.317. The maximum Gasteiger partial charge on any atom is 0.311 e. The topological polar surface area (TPSA) is 57.0 Å². The second-order valence-corrected chi connectivity index (χ2v) is 4.18. The molecule has 0 aromatic carbocycles. The monoisotopic (exact) mass is 257 g/mol. The number of halogens is 1. The van der Waals surface area contributed by atoms with Gasteiger partial charge in [0.2, 0.25) is 5.13 Å². The van der Waals surface area contributed by atoms with E-state index in [1.54, 1.807) is 22.3 Å². The Labute approximate surface area is 101 Å². The third-order valence-electron chi connectivity index (χ3n) is 1.86. The number of methoxy groups -OCH3 is 1. The summed E-state index contributed by atoms with van der Waals surface area (Å²) in [7, 11) is 1.35. The first-order valence-corrected chi connectivity index (χ1v) is 5.67. The van der Waals surface area contributed by atoms with Gasteiger partial charge in [-0.2, -0.15) is 5.10 Å². The van der Waals surface area contributed by atoms with Gasteiger partial charge in [0.15, 0.2) is 0 Å². The molecule has 2 rings (SSSR count). The van der Waals surface area contributed by atoms with Crippen LogP contribution in [0.3, 0.4) is 0 Å². The summed E-state index contributed by atoms with van der Waals surface area (Å²) in [5.74, 6) is -0.317. The van der Waals surface area contributed by atoms with Crippen molar-refractivity contribution < 1.29 is 9.53 Å². The molecule has 7 heteroatoms. The van der Waals surface area contributed by atoms with Crippen molar-refractivity contribution in [2.24, 2.45) is 0 Å². The highest BCUT2D eigenvalue weighted by Gasteiger charge is 2.08. The molecule has 0 aliphatic heterocycles. The summed E-state index contributed by atoms with van der Waals surface area (Å²) < 4.78 is 6.13. The van der Waals surface area contributed by atoms with Crippen LogP contribution in [0.25, 0.3) is 5.13 Å². The molecule has 2 heterocycles. The van der Waals surface area contributed by atoms with E-state index in [-0.39, 0.29) is 12.4 Å². The van der Waals surface area contributed by atoms with Crippen LogP contribution in [-0.4, -0.2) is 27.8 Å². The molecule has 0 atom stereocenters. The molecule has 0 saturated heterocycles. The maximum atomic E-state index is 11.0. The van der Waals surface area contributed by atoms with E-state index in [1.807, 2.05) is 0 Å². The van der Waals surface area contributed by atoms with Crippen molar-refractivity contribution in [1.29, 1.82) is 0 Å². The largest absolute Gasteiger partial charge is 0.469 e. The Morgan fingerprint density at radius 1 is 1.69 bits per heavy atom. The minimum Gasteiger partial charge on any atom is -0.469 e. The van der Waals surface area contributed by atoms with Gasteiger partial charge in [-0.25, -0.2) is 9.67 Å². The van der Waals surface area contributed by atoms with Gasteiger partial charge < -0.3 is 4.74 Å². The first-order valence-electron chi connectivity index (χ1n) is 4.42. The summed E-state index contributed by atoms with van der Waals surface area (Å²) in [5, 5.41) is 7.01. The number of rotatable bonds is 3. The second-order valence-electron chi connectivity index (χ2n) is 2.96. The molecule has 0 aliphatic rings. The van der Waals surface area contributed by atoms with Crippen LogP contribution in [0.1, 0.15) is 5.69 Å². The number of hydrogen-bond acceptors (Lipinski definition) is 5. The molecular formula is C9H8ClN3O2S. The Morgan fingerprint density at radius 3 is 3.12 bits per heavy atom. The van der Waals surface area contributed by atoms with E-state index >= 15 is 0 Å². The molecule has 0 amide bonds. The Kier molecular flexibility index (Phi) is 3.21. The van der Waals surface area contributed by atoms with Gasteiger partial charge in [-0.05, 0) is 6.07 Å². The Hall–Kier alpha value is -1.40. The lowest BCUT2D eigenvalue weighted by atomic mass is 10.3. The number of thiazole rings is 1. The van der Waals surface area contributed by atoms with Crippen LogP contribution in [0.2, 0.25) is 5.15 Å². The number of nitrogens with zero attached hydrogens (tertiary/aromatic N) is 3. The predicted octanol–water partition coefficient (Wildman–Crippen LogP) is 1.70. The summed E-state index contributed by atoms with van der Waals surface area (Å²) in [6, 6.07) is 1.74. The molecule has 2 aromatic rings.